The third-order valence-corrected chi connectivity index (χ3v) is 6.57. The number of nitrogens with one attached hydrogen (secondary N) is 1. The number of Topliss-reactive ketones (excluding diaryl/α,β-unsaturated/α-hetero) is 1. The van der Waals surface area contributed by atoms with E-state index < -0.39 is 11.9 Å². The van der Waals surface area contributed by atoms with E-state index in [1.165, 1.54) is 0 Å². The molecular weight excluding hydrogens is 446 g/mol. The Morgan fingerprint density at radius 3 is 2.51 bits per heavy atom. The molecule has 2 atom stereocenters. The van der Waals surface area contributed by atoms with Gasteiger partial charge in [-0.25, -0.2) is 4.79 Å². The van der Waals surface area contributed by atoms with Gasteiger partial charge in [0.2, 0.25) is 0 Å². The van der Waals surface area contributed by atoms with Crippen molar-refractivity contribution < 1.29 is 28.9 Å². The van der Waals surface area contributed by atoms with E-state index in [4.69, 9.17) is 14.2 Å². The zero-order valence-electron chi connectivity index (χ0n) is 20.5. The summed E-state index contributed by atoms with van der Waals surface area (Å²) in [6.45, 7) is 4.05. The molecule has 2 aromatic rings. The van der Waals surface area contributed by atoms with Gasteiger partial charge in [0.25, 0.3) is 0 Å². The van der Waals surface area contributed by atoms with Crippen LogP contribution in [-0.4, -0.2) is 37.7 Å². The van der Waals surface area contributed by atoms with Crippen molar-refractivity contribution in [1.29, 1.82) is 0 Å². The molecule has 0 aromatic heterocycles. The molecule has 2 N–H and O–H groups in total. The number of carbonyl (C=O) groups is 2. The van der Waals surface area contributed by atoms with E-state index >= 15 is 0 Å². The maximum Gasteiger partial charge on any atom is 0.336 e. The standard InChI is InChI=1S/C28H31NO6/c1-5-11-35-28(32)25-16(2)29-21-13-19(17-9-10-23(33-3)24(15-17)34-4)14-22(31)27(21)26(25)18-7-6-8-20(30)12-18/h6-10,12,15,19,26,29-30H,5,11,13-14H2,1-4H3/t19-,26+/m0/s1. The predicted molar refractivity (Wildman–Crippen MR) is 131 cm³/mol. The number of benzene rings is 2. The summed E-state index contributed by atoms with van der Waals surface area (Å²) in [6.07, 6.45) is 1.59. The first-order valence-electron chi connectivity index (χ1n) is 11.8. The Hall–Kier alpha value is -3.74. The van der Waals surface area contributed by atoms with Gasteiger partial charge in [0.1, 0.15) is 5.75 Å². The van der Waals surface area contributed by atoms with Crippen LogP contribution in [0, 0.1) is 0 Å². The van der Waals surface area contributed by atoms with Gasteiger partial charge in [-0.2, -0.15) is 0 Å². The van der Waals surface area contributed by atoms with Crippen LogP contribution in [0.2, 0.25) is 0 Å². The van der Waals surface area contributed by atoms with Gasteiger partial charge in [-0.1, -0.05) is 25.1 Å². The van der Waals surface area contributed by atoms with Crippen LogP contribution in [0.25, 0.3) is 0 Å². The minimum absolute atomic E-state index is 0.0415. The average molecular weight is 478 g/mol. The Bertz CT molecular complexity index is 1210. The summed E-state index contributed by atoms with van der Waals surface area (Å²) < 4.78 is 16.3. The molecule has 1 aliphatic carbocycles. The quantitative estimate of drug-likeness (QED) is 0.557. The second-order valence-electron chi connectivity index (χ2n) is 8.86. The third kappa shape index (κ3) is 4.76. The van der Waals surface area contributed by atoms with E-state index in [0.29, 0.717) is 59.8 Å². The summed E-state index contributed by atoms with van der Waals surface area (Å²) in [5.41, 5.74) is 4.06. The van der Waals surface area contributed by atoms with Gasteiger partial charge in [-0.3, -0.25) is 4.79 Å². The smallest absolute Gasteiger partial charge is 0.336 e. The second-order valence-corrected chi connectivity index (χ2v) is 8.86. The number of allylic oxidation sites excluding steroid dienone is 3. The molecule has 0 unspecified atom stereocenters. The topological polar surface area (TPSA) is 94.1 Å². The van der Waals surface area contributed by atoms with Crippen LogP contribution in [0.5, 0.6) is 17.2 Å². The molecule has 0 bridgehead atoms. The SMILES string of the molecule is CCCOC(=O)C1=C(C)NC2=C(C(=O)C[C@@H](c3ccc(OC)c(OC)c3)C2)[C@@H]1c1cccc(O)c1. The van der Waals surface area contributed by atoms with Crippen LogP contribution in [-0.2, 0) is 14.3 Å². The number of carbonyl (C=O) groups excluding carboxylic acids is 2. The van der Waals surface area contributed by atoms with Crippen LogP contribution >= 0.6 is 0 Å². The van der Waals surface area contributed by atoms with Crippen molar-refractivity contribution in [3.05, 3.63) is 76.1 Å². The Kier molecular flexibility index (Phi) is 7.15. The number of hydrogen-bond acceptors (Lipinski definition) is 7. The Morgan fingerprint density at radius 1 is 1.06 bits per heavy atom. The van der Waals surface area contributed by atoms with Gasteiger partial charge in [-0.15, -0.1) is 0 Å². The molecule has 0 spiro atoms. The van der Waals surface area contributed by atoms with E-state index in [9.17, 15) is 14.7 Å². The van der Waals surface area contributed by atoms with Crippen LogP contribution in [0.1, 0.15) is 56.1 Å². The highest BCUT2D eigenvalue weighted by Crippen LogP contribution is 2.46. The number of esters is 1. The number of methoxy groups -OCH3 is 2. The zero-order valence-corrected chi connectivity index (χ0v) is 20.5. The average Bonchev–Trinajstić information content (AvgIpc) is 2.85. The minimum Gasteiger partial charge on any atom is -0.508 e. The van der Waals surface area contributed by atoms with Crippen molar-refractivity contribution >= 4 is 11.8 Å². The van der Waals surface area contributed by atoms with E-state index in [1.807, 2.05) is 38.1 Å². The lowest BCUT2D eigenvalue weighted by atomic mass is 9.71. The fourth-order valence-corrected chi connectivity index (χ4v) is 4.96. The lowest BCUT2D eigenvalue weighted by molar-refractivity contribution is -0.139. The largest absolute Gasteiger partial charge is 0.508 e. The normalized spacial score (nSPS) is 19.7. The third-order valence-electron chi connectivity index (χ3n) is 6.57. The minimum atomic E-state index is -0.610. The number of dihydropyridines is 1. The van der Waals surface area contributed by atoms with E-state index in [-0.39, 0.29) is 17.5 Å². The number of phenolic OH excluding ortho intramolecular Hbond substituents is 1. The maximum atomic E-state index is 13.7. The van der Waals surface area contributed by atoms with Gasteiger partial charge in [0.05, 0.1) is 26.4 Å². The Morgan fingerprint density at radius 2 is 1.83 bits per heavy atom. The molecule has 0 amide bonds. The Balaban J connectivity index is 1.76. The van der Waals surface area contributed by atoms with Crippen molar-refractivity contribution in [1.82, 2.24) is 5.32 Å². The van der Waals surface area contributed by atoms with Gasteiger partial charge >= 0.3 is 5.97 Å². The highest BCUT2D eigenvalue weighted by molar-refractivity contribution is 6.04. The van der Waals surface area contributed by atoms with Crippen LogP contribution < -0.4 is 14.8 Å². The lowest BCUT2D eigenvalue weighted by Crippen LogP contribution is -2.36. The monoisotopic (exact) mass is 477 g/mol. The molecule has 7 heteroatoms. The van der Waals surface area contributed by atoms with E-state index in [0.717, 1.165) is 11.3 Å². The molecule has 0 saturated heterocycles. The molecule has 2 aromatic carbocycles. The molecule has 7 nitrogen and oxygen atoms in total. The van der Waals surface area contributed by atoms with Crippen molar-refractivity contribution in [3.63, 3.8) is 0 Å². The van der Waals surface area contributed by atoms with Gasteiger partial charge < -0.3 is 24.6 Å². The van der Waals surface area contributed by atoms with Crippen molar-refractivity contribution in [2.45, 2.75) is 44.9 Å². The van der Waals surface area contributed by atoms with Crippen molar-refractivity contribution in [3.8, 4) is 17.2 Å². The summed E-state index contributed by atoms with van der Waals surface area (Å²) in [7, 11) is 3.18. The number of phenols is 1. The summed E-state index contributed by atoms with van der Waals surface area (Å²) in [4.78, 5) is 26.7. The molecule has 1 aliphatic heterocycles. The molecule has 35 heavy (non-hydrogen) atoms. The summed E-state index contributed by atoms with van der Waals surface area (Å²) in [6, 6.07) is 12.4. The van der Waals surface area contributed by atoms with Crippen molar-refractivity contribution in [2.75, 3.05) is 20.8 Å². The first-order valence-corrected chi connectivity index (χ1v) is 11.8. The highest BCUT2D eigenvalue weighted by atomic mass is 16.5. The molecule has 0 fully saturated rings. The van der Waals surface area contributed by atoms with Crippen LogP contribution in [0.3, 0.4) is 0 Å². The predicted octanol–water partition coefficient (Wildman–Crippen LogP) is 4.72. The summed E-state index contributed by atoms with van der Waals surface area (Å²) >= 11 is 0. The molecule has 2 aliphatic rings. The van der Waals surface area contributed by atoms with Gasteiger partial charge in [0, 0.05) is 29.3 Å². The fraction of sp³-hybridized carbons (Fsp3) is 0.357. The van der Waals surface area contributed by atoms with Crippen LogP contribution in [0.15, 0.2) is 65.0 Å². The number of ketones is 1. The fourth-order valence-electron chi connectivity index (χ4n) is 4.96. The molecular formula is C28H31NO6. The van der Waals surface area contributed by atoms with E-state index in [1.54, 1.807) is 32.4 Å². The number of rotatable bonds is 7. The van der Waals surface area contributed by atoms with Gasteiger partial charge in [-0.05, 0) is 61.1 Å². The van der Waals surface area contributed by atoms with Crippen LogP contribution in [0.4, 0.5) is 0 Å². The Labute approximate surface area is 205 Å². The first kappa shape index (κ1) is 24.4. The molecule has 4 rings (SSSR count). The number of hydrogen-bond donors (Lipinski definition) is 2. The summed E-state index contributed by atoms with van der Waals surface area (Å²) in [5.74, 6) is 0.164. The number of ether oxygens (including phenoxy) is 3. The zero-order chi connectivity index (χ0) is 25.1. The van der Waals surface area contributed by atoms with E-state index in [2.05, 4.69) is 5.32 Å². The molecule has 184 valence electrons. The first-order chi connectivity index (χ1) is 16.9. The van der Waals surface area contributed by atoms with Gasteiger partial charge in [0.15, 0.2) is 17.3 Å². The lowest BCUT2D eigenvalue weighted by Gasteiger charge is -2.36. The molecule has 0 saturated carbocycles. The molecule has 1 heterocycles. The second kappa shape index (κ2) is 10.3. The maximum absolute atomic E-state index is 13.7. The number of aromatic hydroxyl groups is 1. The molecule has 0 radical (unpaired) electrons. The van der Waals surface area contributed by atoms with Crippen molar-refractivity contribution in [2.24, 2.45) is 0 Å². The highest BCUT2D eigenvalue weighted by Gasteiger charge is 2.41. The summed E-state index contributed by atoms with van der Waals surface area (Å²) in [5, 5.41) is 13.5.